The van der Waals surface area contributed by atoms with Crippen molar-refractivity contribution in [1.29, 1.82) is 0 Å². The van der Waals surface area contributed by atoms with Crippen LogP contribution in [0.5, 0.6) is 0 Å². The molecule has 0 unspecified atom stereocenters. The van der Waals surface area contributed by atoms with Crippen molar-refractivity contribution in [1.82, 2.24) is 4.98 Å². The van der Waals surface area contributed by atoms with Gasteiger partial charge in [-0.2, -0.15) is 0 Å². The highest BCUT2D eigenvalue weighted by atomic mass is 79.9. The average Bonchev–Trinajstić information content (AvgIpc) is 2.17. The summed E-state index contributed by atoms with van der Waals surface area (Å²) in [6.45, 7) is 1.91. The summed E-state index contributed by atoms with van der Waals surface area (Å²) in [4.78, 5) is 24.5. The summed E-state index contributed by atoms with van der Waals surface area (Å²) >= 11 is 3.04. The number of pyridine rings is 1. The van der Waals surface area contributed by atoms with Gasteiger partial charge in [0.15, 0.2) is 6.20 Å². The number of aromatic nitrogens is 1. The fourth-order valence-electron chi connectivity index (χ4n) is 0.880. The number of carbonyl (C=O) groups excluding carboxylic acids is 1. The van der Waals surface area contributed by atoms with Crippen LogP contribution in [-0.4, -0.2) is 22.5 Å². The molecule has 6 nitrogen and oxygen atoms in total. The van der Waals surface area contributed by atoms with Crippen molar-refractivity contribution in [3.63, 3.8) is 0 Å². The molecular formula is C8H7BrN2O4. The highest BCUT2D eigenvalue weighted by molar-refractivity contribution is 9.10. The van der Waals surface area contributed by atoms with Gasteiger partial charge in [-0.25, -0.2) is 4.79 Å². The standard InChI is InChI=1S/C8H7BrN2O4/c1-2-15-8(12)5-4-10-7(11(13)14)3-6(5)9/h3-4H,2H2,1H3. The lowest BCUT2D eigenvalue weighted by atomic mass is 10.3. The predicted molar refractivity (Wildman–Crippen MR) is 54.5 cm³/mol. The fraction of sp³-hybridized carbons (Fsp3) is 0.250. The van der Waals surface area contributed by atoms with E-state index in [9.17, 15) is 14.9 Å². The molecular weight excluding hydrogens is 268 g/mol. The summed E-state index contributed by atoms with van der Waals surface area (Å²) in [5.74, 6) is -0.887. The fourth-order valence-corrected chi connectivity index (χ4v) is 1.35. The van der Waals surface area contributed by atoms with Crippen LogP contribution < -0.4 is 0 Å². The van der Waals surface area contributed by atoms with Crippen LogP contribution in [0.15, 0.2) is 16.7 Å². The molecule has 0 aliphatic heterocycles. The van der Waals surface area contributed by atoms with E-state index in [1.807, 2.05) is 0 Å². The topological polar surface area (TPSA) is 82.3 Å². The molecule has 15 heavy (non-hydrogen) atoms. The molecule has 7 heteroatoms. The smallest absolute Gasteiger partial charge is 0.364 e. The van der Waals surface area contributed by atoms with Crippen LogP contribution in [0.4, 0.5) is 5.82 Å². The molecule has 0 saturated carbocycles. The zero-order valence-electron chi connectivity index (χ0n) is 7.77. The molecule has 0 bridgehead atoms. The van der Waals surface area contributed by atoms with Gasteiger partial charge in [0.2, 0.25) is 0 Å². The van der Waals surface area contributed by atoms with Crippen molar-refractivity contribution >= 4 is 27.7 Å². The van der Waals surface area contributed by atoms with E-state index < -0.39 is 10.9 Å². The van der Waals surface area contributed by atoms with Crippen molar-refractivity contribution in [2.75, 3.05) is 6.61 Å². The molecule has 0 spiro atoms. The Morgan fingerprint density at radius 2 is 2.40 bits per heavy atom. The minimum Gasteiger partial charge on any atom is -0.462 e. The van der Waals surface area contributed by atoms with Crippen molar-refractivity contribution < 1.29 is 14.5 Å². The van der Waals surface area contributed by atoms with E-state index in [-0.39, 0.29) is 18.0 Å². The number of hydrogen-bond donors (Lipinski definition) is 0. The highest BCUT2D eigenvalue weighted by Crippen LogP contribution is 2.21. The Morgan fingerprint density at radius 1 is 1.73 bits per heavy atom. The largest absolute Gasteiger partial charge is 0.462 e. The summed E-state index contributed by atoms with van der Waals surface area (Å²) in [6, 6.07) is 1.16. The van der Waals surface area contributed by atoms with E-state index in [2.05, 4.69) is 20.9 Å². The molecule has 0 radical (unpaired) electrons. The molecule has 0 amide bonds. The number of nitro groups is 1. The van der Waals surface area contributed by atoms with Crippen LogP contribution in [0.1, 0.15) is 17.3 Å². The third kappa shape index (κ3) is 2.72. The molecule has 0 aliphatic carbocycles. The molecule has 80 valence electrons. The number of esters is 1. The molecule has 0 aromatic carbocycles. The van der Waals surface area contributed by atoms with Crippen LogP contribution >= 0.6 is 15.9 Å². The maximum absolute atomic E-state index is 11.3. The zero-order valence-corrected chi connectivity index (χ0v) is 9.35. The Bertz CT molecular complexity index is 408. The Balaban J connectivity index is 3.03. The molecule has 1 rings (SSSR count). The first kappa shape index (κ1) is 11.6. The van der Waals surface area contributed by atoms with Gasteiger partial charge in [0, 0.05) is 4.47 Å². The highest BCUT2D eigenvalue weighted by Gasteiger charge is 2.17. The molecule has 1 aromatic rings. The van der Waals surface area contributed by atoms with E-state index in [1.54, 1.807) is 6.92 Å². The zero-order chi connectivity index (χ0) is 11.4. The van der Waals surface area contributed by atoms with Crippen LogP contribution in [-0.2, 0) is 4.74 Å². The van der Waals surface area contributed by atoms with E-state index >= 15 is 0 Å². The second kappa shape index (κ2) is 4.83. The van der Waals surface area contributed by atoms with Crippen molar-refractivity contribution in [3.8, 4) is 0 Å². The molecule has 1 heterocycles. The lowest BCUT2D eigenvalue weighted by Crippen LogP contribution is -2.06. The summed E-state index contributed by atoms with van der Waals surface area (Å²) in [5.41, 5.74) is 0.169. The van der Waals surface area contributed by atoms with Gasteiger partial charge in [-0.3, -0.25) is 0 Å². The van der Waals surface area contributed by atoms with Crippen LogP contribution in [0, 0.1) is 10.1 Å². The number of ether oxygens (including phenoxy) is 1. The maximum Gasteiger partial charge on any atom is 0.364 e. The van der Waals surface area contributed by atoms with E-state index in [1.165, 1.54) is 0 Å². The second-order valence-corrected chi connectivity index (χ2v) is 3.35. The van der Waals surface area contributed by atoms with Crippen LogP contribution in [0.2, 0.25) is 0 Å². The first-order valence-electron chi connectivity index (χ1n) is 4.03. The first-order chi connectivity index (χ1) is 7.06. The molecule has 0 fully saturated rings. The Labute approximate surface area is 93.5 Å². The van der Waals surface area contributed by atoms with Gasteiger partial charge in [0.05, 0.1) is 12.7 Å². The molecule has 0 atom stereocenters. The average molecular weight is 275 g/mol. The number of hydrogen-bond acceptors (Lipinski definition) is 5. The first-order valence-corrected chi connectivity index (χ1v) is 4.82. The normalized spacial score (nSPS) is 9.73. The van der Waals surface area contributed by atoms with Gasteiger partial charge in [0.1, 0.15) is 5.56 Å². The minimum absolute atomic E-state index is 0.169. The van der Waals surface area contributed by atoms with Crippen LogP contribution in [0.25, 0.3) is 0 Å². The predicted octanol–water partition coefficient (Wildman–Crippen LogP) is 1.93. The van der Waals surface area contributed by atoms with Gasteiger partial charge in [-0.1, -0.05) is 0 Å². The summed E-state index contributed by atoms with van der Waals surface area (Å²) in [6.07, 6.45) is 1.11. The number of nitrogens with zero attached hydrogens (tertiary/aromatic N) is 2. The Hall–Kier alpha value is -1.50. The van der Waals surface area contributed by atoms with Crippen LogP contribution in [0.3, 0.4) is 0 Å². The van der Waals surface area contributed by atoms with Gasteiger partial charge in [-0.15, -0.1) is 0 Å². The Morgan fingerprint density at radius 3 is 2.87 bits per heavy atom. The summed E-state index contributed by atoms with van der Waals surface area (Å²) < 4.78 is 5.02. The molecule has 0 aliphatic rings. The quantitative estimate of drug-likeness (QED) is 0.478. The van der Waals surface area contributed by atoms with Crippen molar-refractivity contribution in [3.05, 3.63) is 32.4 Å². The SMILES string of the molecule is CCOC(=O)c1cnc([N+](=O)[O-])cc1Br. The second-order valence-electron chi connectivity index (χ2n) is 2.50. The lowest BCUT2D eigenvalue weighted by Gasteiger charge is -2.01. The summed E-state index contributed by atoms with van der Waals surface area (Å²) in [5, 5.41) is 10.4. The van der Waals surface area contributed by atoms with Crippen molar-refractivity contribution in [2.24, 2.45) is 0 Å². The van der Waals surface area contributed by atoms with E-state index in [0.29, 0.717) is 4.47 Å². The van der Waals surface area contributed by atoms with E-state index in [0.717, 1.165) is 12.3 Å². The van der Waals surface area contributed by atoms with E-state index in [4.69, 9.17) is 4.74 Å². The maximum atomic E-state index is 11.3. The van der Waals surface area contributed by atoms with Crippen molar-refractivity contribution in [2.45, 2.75) is 6.92 Å². The van der Waals surface area contributed by atoms with Gasteiger partial charge in [-0.05, 0) is 32.8 Å². The van der Waals surface area contributed by atoms with Gasteiger partial charge in [0.25, 0.3) is 0 Å². The number of halogens is 1. The Kier molecular flexibility index (Phi) is 3.73. The third-order valence-electron chi connectivity index (χ3n) is 1.52. The third-order valence-corrected chi connectivity index (χ3v) is 2.18. The number of rotatable bonds is 3. The molecule has 1 aromatic heterocycles. The number of carbonyl (C=O) groups is 1. The lowest BCUT2D eigenvalue weighted by molar-refractivity contribution is -0.389. The van der Waals surface area contributed by atoms with Gasteiger partial charge < -0.3 is 14.9 Å². The molecule has 0 saturated heterocycles. The monoisotopic (exact) mass is 274 g/mol. The summed E-state index contributed by atoms with van der Waals surface area (Å²) in [7, 11) is 0. The minimum atomic E-state index is -0.639. The molecule has 0 N–H and O–H groups in total. The van der Waals surface area contributed by atoms with Gasteiger partial charge >= 0.3 is 11.8 Å².